The largest absolute Gasteiger partial charge is 0.477 e. The van der Waals surface area contributed by atoms with Gasteiger partial charge in [-0.15, -0.1) is 0 Å². The van der Waals surface area contributed by atoms with Crippen LogP contribution < -0.4 is 4.74 Å². The van der Waals surface area contributed by atoms with Gasteiger partial charge < -0.3 is 14.0 Å². The van der Waals surface area contributed by atoms with Gasteiger partial charge in [-0.25, -0.2) is 23.5 Å². The lowest BCUT2D eigenvalue weighted by molar-refractivity contribution is 0.0214. The standard InChI is InChI=1S/C28H30BrF2N5O3/c1-28(2,3)39-27(37)36-15-19(31)12-24(36)21-11-18(30)13-33-26(21)38-9-5-4-8-35-16-34-23-14-32-22-7-6-17(29)10-20(22)25(23)35/h6-7,10-11,13-14,16,19,24H,4-5,8-9,12,15H2,1-3H3/t19-,24+/m0/s1. The fourth-order valence-corrected chi connectivity index (χ4v) is 5.21. The van der Waals surface area contributed by atoms with Crippen LogP contribution in [0.3, 0.4) is 0 Å². The normalized spacial score (nSPS) is 17.7. The second kappa shape index (κ2) is 11.0. The number of halogens is 3. The van der Waals surface area contributed by atoms with E-state index in [0.717, 1.165) is 39.0 Å². The van der Waals surface area contributed by atoms with E-state index in [0.29, 0.717) is 25.1 Å². The van der Waals surface area contributed by atoms with Crippen LogP contribution in [0.1, 0.15) is 51.6 Å². The maximum Gasteiger partial charge on any atom is 0.410 e. The number of carbonyl (C=O) groups is 1. The Morgan fingerprint density at radius 2 is 1.95 bits per heavy atom. The molecule has 8 nitrogen and oxygen atoms in total. The Morgan fingerprint density at radius 1 is 1.13 bits per heavy atom. The zero-order chi connectivity index (χ0) is 27.7. The van der Waals surface area contributed by atoms with E-state index in [1.165, 1.54) is 11.0 Å². The SMILES string of the molecule is CC(C)(C)OC(=O)N1C[C@@H](F)C[C@@H]1c1cc(F)cnc1OCCCCn1cnc2cnc3ccc(Br)cc3c21. The van der Waals surface area contributed by atoms with Crippen LogP contribution in [-0.2, 0) is 11.3 Å². The molecule has 1 fully saturated rings. The highest BCUT2D eigenvalue weighted by Crippen LogP contribution is 2.38. The van der Waals surface area contributed by atoms with Crippen LogP contribution in [-0.4, -0.2) is 55.4 Å². The minimum Gasteiger partial charge on any atom is -0.477 e. The van der Waals surface area contributed by atoms with E-state index in [1.54, 1.807) is 27.0 Å². The van der Waals surface area contributed by atoms with Gasteiger partial charge in [-0.1, -0.05) is 15.9 Å². The van der Waals surface area contributed by atoms with Crippen molar-refractivity contribution in [3.05, 3.63) is 58.8 Å². The predicted octanol–water partition coefficient (Wildman–Crippen LogP) is 6.76. The molecule has 1 aliphatic heterocycles. The number of amides is 1. The summed E-state index contributed by atoms with van der Waals surface area (Å²) >= 11 is 3.54. The summed E-state index contributed by atoms with van der Waals surface area (Å²) in [5.41, 5.74) is 2.35. The molecular weight excluding hydrogens is 572 g/mol. The Hall–Kier alpha value is -3.34. The summed E-state index contributed by atoms with van der Waals surface area (Å²) in [4.78, 5) is 27.2. The molecule has 39 heavy (non-hydrogen) atoms. The van der Waals surface area contributed by atoms with E-state index in [4.69, 9.17) is 9.47 Å². The van der Waals surface area contributed by atoms with Crippen LogP contribution in [0.25, 0.3) is 21.9 Å². The number of aromatic nitrogens is 4. The Kier molecular flexibility index (Phi) is 7.70. The van der Waals surface area contributed by atoms with Crippen molar-refractivity contribution >= 4 is 44.0 Å². The highest BCUT2D eigenvalue weighted by Gasteiger charge is 2.40. The third kappa shape index (κ3) is 6.13. The van der Waals surface area contributed by atoms with Crippen LogP contribution in [0.4, 0.5) is 13.6 Å². The Balaban J connectivity index is 1.25. The molecule has 1 amide bonds. The second-order valence-electron chi connectivity index (χ2n) is 10.7. The number of aryl methyl sites for hydroxylation is 1. The van der Waals surface area contributed by atoms with Gasteiger partial charge in [0.15, 0.2) is 0 Å². The van der Waals surface area contributed by atoms with E-state index in [2.05, 4.69) is 35.4 Å². The van der Waals surface area contributed by atoms with Gasteiger partial charge in [-0.2, -0.15) is 0 Å². The summed E-state index contributed by atoms with van der Waals surface area (Å²) in [5, 5.41) is 1.02. The van der Waals surface area contributed by atoms with Crippen molar-refractivity contribution in [2.75, 3.05) is 13.2 Å². The molecule has 0 radical (unpaired) electrons. The molecular formula is C28H30BrF2N5O3. The minimum atomic E-state index is -1.25. The summed E-state index contributed by atoms with van der Waals surface area (Å²) in [6, 6.07) is 6.50. The van der Waals surface area contributed by atoms with E-state index in [-0.39, 0.29) is 18.8 Å². The lowest BCUT2D eigenvalue weighted by Gasteiger charge is -2.29. The number of imidazole rings is 1. The zero-order valence-corrected chi connectivity index (χ0v) is 23.6. The summed E-state index contributed by atoms with van der Waals surface area (Å²) in [5.74, 6) is -0.386. The fraction of sp³-hybridized carbons (Fsp3) is 0.429. The first-order chi connectivity index (χ1) is 18.6. The van der Waals surface area contributed by atoms with Gasteiger partial charge in [0.05, 0.1) is 48.9 Å². The number of fused-ring (bicyclic) bond motifs is 3. The lowest BCUT2D eigenvalue weighted by atomic mass is 10.1. The number of hydrogen-bond acceptors (Lipinski definition) is 6. The molecule has 0 saturated carbocycles. The third-order valence-electron chi connectivity index (χ3n) is 6.52. The molecule has 4 aromatic rings. The van der Waals surface area contributed by atoms with Crippen molar-refractivity contribution in [2.24, 2.45) is 0 Å². The second-order valence-corrected chi connectivity index (χ2v) is 11.6. The number of carbonyl (C=O) groups excluding carboxylic acids is 1. The van der Waals surface area contributed by atoms with Gasteiger partial charge >= 0.3 is 6.09 Å². The van der Waals surface area contributed by atoms with Crippen molar-refractivity contribution < 1.29 is 23.0 Å². The smallest absolute Gasteiger partial charge is 0.410 e. The number of unbranched alkanes of at least 4 members (excludes halogenated alkanes) is 1. The van der Waals surface area contributed by atoms with Gasteiger partial charge in [0.1, 0.15) is 23.1 Å². The fourth-order valence-electron chi connectivity index (χ4n) is 4.85. The third-order valence-corrected chi connectivity index (χ3v) is 7.01. The molecule has 3 aromatic heterocycles. The average Bonchev–Trinajstić information content (AvgIpc) is 3.47. The van der Waals surface area contributed by atoms with Gasteiger partial charge in [-0.3, -0.25) is 9.88 Å². The Bertz CT molecular complexity index is 1510. The first-order valence-electron chi connectivity index (χ1n) is 12.9. The average molecular weight is 602 g/mol. The van der Waals surface area contributed by atoms with Crippen molar-refractivity contribution in [1.82, 2.24) is 24.4 Å². The van der Waals surface area contributed by atoms with Crippen molar-refractivity contribution in [3.8, 4) is 5.88 Å². The summed E-state index contributed by atoms with van der Waals surface area (Å²) in [6.07, 6.45) is 4.25. The number of nitrogens with zero attached hydrogens (tertiary/aromatic N) is 5. The number of ether oxygens (including phenoxy) is 2. The summed E-state index contributed by atoms with van der Waals surface area (Å²) in [6.45, 7) is 6.14. The molecule has 0 aliphatic carbocycles. The molecule has 5 rings (SSSR count). The number of alkyl halides is 1. The summed E-state index contributed by atoms with van der Waals surface area (Å²) in [7, 11) is 0. The highest BCUT2D eigenvalue weighted by atomic mass is 79.9. The number of pyridine rings is 2. The van der Waals surface area contributed by atoms with Crippen molar-refractivity contribution in [3.63, 3.8) is 0 Å². The van der Waals surface area contributed by atoms with Crippen LogP contribution >= 0.6 is 15.9 Å². The molecule has 0 unspecified atom stereocenters. The van der Waals surface area contributed by atoms with Gasteiger partial charge in [0, 0.05) is 28.4 Å². The maximum atomic E-state index is 14.4. The molecule has 206 valence electrons. The molecule has 2 atom stereocenters. The lowest BCUT2D eigenvalue weighted by Crippen LogP contribution is -2.37. The van der Waals surface area contributed by atoms with E-state index in [9.17, 15) is 13.6 Å². The molecule has 1 aliphatic rings. The van der Waals surface area contributed by atoms with Gasteiger partial charge in [0.25, 0.3) is 0 Å². The molecule has 0 spiro atoms. The van der Waals surface area contributed by atoms with Crippen LogP contribution in [0.5, 0.6) is 5.88 Å². The number of rotatable bonds is 7. The quantitative estimate of drug-likeness (QED) is 0.218. The van der Waals surface area contributed by atoms with E-state index < -0.39 is 29.7 Å². The number of hydrogen-bond donors (Lipinski definition) is 0. The molecule has 1 aromatic carbocycles. The molecule has 0 bridgehead atoms. The van der Waals surface area contributed by atoms with Crippen LogP contribution in [0, 0.1) is 5.82 Å². The topological polar surface area (TPSA) is 82.4 Å². The van der Waals surface area contributed by atoms with E-state index >= 15 is 0 Å². The van der Waals surface area contributed by atoms with Gasteiger partial charge in [-0.05, 0) is 57.9 Å². The molecule has 4 heterocycles. The highest BCUT2D eigenvalue weighted by molar-refractivity contribution is 9.10. The van der Waals surface area contributed by atoms with Crippen LogP contribution in [0.2, 0.25) is 0 Å². The minimum absolute atomic E-state index is 0.0212. The predicted molar refractivity (Wildman–Crippen MR) is 147 cm³/mol. The Labute approximate surface area is 233 Å². The van der Waals surface area contributed by atoms with Crippen molar-refractivity contribution in [1.29, 1.82) is 0 Å². The number of benzene rings is 1. The van der Waals surface area contributed by atoms with Gasteiger partial charge in [0.2, 0.25) is 5.88 Å². The van der Waals surface area contributed by atoms with Crippen molar-refractivity contribution in [2.45, 2.75) is 64.4 Å². The monoisotopic (exact) mass is 601 g/mol. The Morgan fingerprint density at radius 3 is 2.74 bits per heavy atom. The molecule has 1 saturated heterocycles. The molecule has 11 heteroatoms. The first-order valence-corrected chi connectivity index (χ1v) is 13.7. The molecule has 0 N–H and O–H groups in total. The summed E-state index contributed by atoms with van der Waals surface area (Å²) < 4.78 is 43.1. The van der Waals surface area contributed by atoms with E-state index in [1.807, 2.05) is 24.5 Å². The first kappa shape index (κ1) is 27.2. The zero-order valence-electron chi connectivity index (χ0n) is 22.0. The van der Waals surface area contributed by atoms with Crippen LogP contribution in [0.15, 0.2) is 47.5 Å². The number of likely N-dealkylation sites (tertiary alicyclic amines) is 1. The maximum absolute atomic E-state index is 14.4.